The van der Waals surface area contributed by atoms with Gasteiger partial charge in [-0.05, 0) is 55.6 Å². The Bertz CT molecular complexity index is 1570. The van der Waals surface area contributed by atoms with Crippen molar-refractivity contribution in [3.05, 3.63) is 95.7 Å². The Morgan fingerprint density at radius 1 is 0.833 bits per heavy atom. The van der Waals surface area contributed by atoms with E-state index in [1.807, 2.05) is 30.3 Å². The quantitative estimate of drug-likeness (QED) is 0.414. The van der Waals surface area contributed by atoms with Crippen molar-refractivity contribution in [2.75, 3.05) is 43.4 Å². The van der Waals surface area contributed by atoms with Crippen LogP contribution in [0.3, 0.4) is 0 Å². The Balaban J connectivity index is 1.26. The summed E-state index contributed by atoms with van der Waals surface area (Å²) < 4.78 is 3.36. The summed E-state index contributed by atoms with van der Waals surface area (Å²) in [6.45, 7) is 4.22. The van der Waals surface area contributed by atoms with Gasteiger partial charge in [0.15, 0.2) is 5.65 Å². The van der Waals surface area contributed by atoms with E-state index in [0.717, 1.165) is 48.6 Å². The van der Waals surface area contributed by atoms with E-state index >= 15 is 0 Å². The maximum absolute atomic E-state index is 12.3. The molecule has 1 fully saturated rings. The Morgan fingerprint density at radius 3 is 2.44 bits per heavy atom. The molecule has 1 aliphatic heterocycles. The lowest BCUT2D eigenvalue weighted by atomic mass is 10.2. The normalized spacial score (nSPS) is 14.3. The van der Waals surface area contributed by atoms with Crippen molar-refractivity contribution in [2.45, 2.75) is 0 Å². The number of likely N-dealkylation sites (N-methyl/N-ethyl adjacent to an activating group) is 1. The largest absolute Gasteiger partial charge is 0.369 e. The lowest BCUT2D eigenvalue weighted by molar-refractivity contribution is 0.313. The highest BCUT2D eigenvalue weighted by atomic mass is 16.1. The molecule has 0 aliphatic carbocycles. The minimum atomic E-state index is -0.0903. The molecule has 9 heteroatoms. The van der Waals surface area contributed by atoms with Crippen LogP contribution in [0.25, 0.3) is 22.4 Å². The smallest absolute Gasteiger partial charge is 0.255 e. The minimum absolute atomic E-state index is 0.0903. The van der Waals surface area contributed by atoms with Gasteiger partial charge in [0.05, 0.1) is 23.0 Å². The molecule has 0 unspecified atom stereocenters. The molecular weight excluding hydrogens is 452 g/mol. The summed E-state index contributed by atoms with van der Waals surface area (Å²) in [4.78, 5) is 26.2. The van der Waals surface area contributed by atoms with Gasteiger partial charge in [0, 0.05) is 56.0 Å². The lowest BCUT2D eigenvalue weighted by Crippen LogP contribution is -2.44. The van der Waals surface area contributed by atoms with Gasteiger partial charge in [-0.3, -0.25) is 9.36 Å². The second-order valence-electron chi connectivity index (χ2n) is 8.92. The monoisotopic (exact) mass is 478 g/mol. The number of nitrogens with one attached hydrogen (secondary N) is 1. The Labute approximate surface area is 208 Å². The molecule has 36 heavy (non-hydrogen) atoms. The molecule has 0 atom stereocenters. The highest BCUT2D eigenvalue weighted by Crippen LogP contribution is 2.23. The predicted molar refractivity (Wildman–Crippen MR) is 142 cm³/mol. The van der Waals surface area contributed by atoms with Crippen molar-refractivity contribution in [1.29, 1.82) is 0 Å². The average Bonchev–Trinajstić information content (AvgIpc) is 3.33. The van der Waals surface area contributed by atoms with Crippen molar-refractivity contribution < 1.29 is 0 Å². The molecule has 6 rings (SSSR count). The Morgan fingerprint density at radius 2 is 1.64 bits per heavy atom. The number of hydrogen-bond acceptors (Lipinski definition) is 7. The summed E-state index contributed by atoms with van der Waals surface area (Å²) in [7, 11) is 2.16. The van der Waals surface area contributed by atoms with Crippen molar-refractivity contribution in [1.82, 2.24) is 29.2 Å². The number of pyridine rings is 1. The average molecular weight is 479 g/mol. The van der Waals surface area contributed by atoms with Gasteiger partial charge in [-0.1, -0.05) is 12.1 Å². The minimum Gasteiger partial charge on any atom is -0.369 e. The van der Waals surface area contributed by atoms with E-state index in [2.05, 4.69) is 56.5 Å². The van der Waals surface area contributed by atoms with Gasteiger partial charge in [-0.2, -0.15) is 10.1 Å². The summed E-state index contributed by atoms with van der Waals surface area (Å²) in [6, 6.07) is 21.1. The molecule has 1 aliphatic rings. The second kappa shape index (κ2) is 9.27. The lowest BCUT2D eigenvalue weighted by Gasteiger charge is -2.34. The molecule has 1 saturated heterocycles. The number of rotatable bonds is 5. The second-order valence-corrected chi connectivity index (χ2v) is 8.92. The fraction of sp³-hybridized carbons (Fsp3) is 0.185. The van der Waals surface area contributed by atoms with Gasteiger partial charge in [0.2, 0.25) is 5.95 Å². The number of hydrogen-bond donors (Lipinski definition) is 1. The van der Waals surface area contributed by atoms with Gasteiger partial charge >= 0.3 is 0 Å². The Kier molecular flexibility index (Phi) is 5.67. The van der Waals surface area contributed by atoms with Crippen LogP contribution in [0.2, 0.25) is 0 Å². The highest BCUT2D eigenvalue weighted by molar-refractivity contribution is 5.77. The maximum atomic E-state index is 12.3. The van der Waals surface area contributed by atoms with E-state index in [1.165, 1.54) is 5.69 Å². The summed E-state index contributed by atoms with van der Waals surface area (Å²) in [5, 5.41) is 8.67. The standard InChI is InChI=1S/C27H26N8O/c1-32-13-15-33(16-14-32)22-10-8-21(9-11-22)30-27-28-18-20-19-29-35(26(20)31-27)24-6-4-5-23(17-24)34-12-3-2-7-25(34)36/h2-12,17-19H,13-16H2,1H3,(H,28,30,31). The summed E-state index contributed by atoms with van der Waals surface area (Å²) in [5.74, 6) is 0.493. The molecule has 0 amide bonds. The Hall–Kier alpha value is -4.50. The SMILES string of the molecule is CN1CCN(c2ccc(Nc3ncc4cnn(-c5cccc(-n6ccccc6=O)c5)c4n3)cc2)CC1. The van der Waals surface area contributed by atoms with E-state index in [-0.39, 0.29) is 5.56 Å². The molecule has 0 radical (unpaired) electrons. The summed E-state index contributed by atoms with van der Waals surface area (Å²) in [6.07, 6.45) is 5.26. The van der Waals surface area contributed by atoms with Gasteiger partial charge in [0.25, 0.3) is 5.56 Å². The first-order valence-electron chi connectivity index (χ1n) is 11.9. The molecule has 0 spiro atoms. The van der Waals surface area contributed by atoms with Crippen LogP contribution in [0, 0.1) is 0 Å². The van der Waals surface area contributed by atoms with Crippen molar-refractivity contribution in [2.24, 2.45) is 0 Å². The van der Waals surface area contributed by atoms with E-state index in [4.69, 9.17) is 4.98 Å². The van der Waals surface area contributed by atoms with Crippen molar-refractivity contribution in [3.8, 4) is 11.4 Å². The number of benzene rings is 2. The van der Waals surface area contributed by atoms with Crippen LogP contribution in [0.4, 0.5) is 17.3 Å². The fourth-order valence-electron chi connectivity index (χ4n) is 4.43. The van der Waals surface area contributed by atoms with Crippen LogP contribution in [0.5, 0.6) is 0 Å². The van der Waals surface area contributed by atoms with E-state index in [1.54, 1.807) is 40.0 Å². The highest BCUT2D eigenvalue weighted by Gasteiger charge is 2.14. The van der Waals surface area contributed by atoms with Crippen LogP contribution in [-0.4, -0.2) is 62.4 Å². The topological polar surface area (TPSA) is 84.1 Å². The third kappa shape index (κ3) is 4.32. The van der Waals surface area contributed by atoms with Crippen LogP contribution in [0.15, 0.2) is 90.1 Å². The van der Waals surface area contributed by atoms with Gasteiger partial charge < -0.3 is 15.1 Å². The van der Waals surface area contributed by atoms with Crippen molar-refractivity contribution in [3.63, 3.8) is 0 Å². The summed E-state index contributed by atoms with van der Waals surface area (Å²) >= 11 is 0. The molecule has 2 aromatic carbocycles. The van der Waals surface area contributed by atoms with Gasteiger partial charge in [0.1, 0.15) is 0 Å². The van der Waals surface area contributed by atoms with E-state index in [9.17, 15) is 4.79 Å². The molecule has 5 aromatic rings. The molecule has 180 valence electrons. The van der Waals surface area contributed by atoms with Gasteiger partial charge in [-0.15, -0.1) is 0 Å². The first-order valence-corrected chi connectivity index (χ1v) is 11.9. The zero-order valence-corrected chi connectivity index (χ0v) is 20.0. The zero-order valence-electron chi connectivity index (χ0n) is 20.0. The predicted octanol–water partition coefficient (Wildman–Crippen LogP) is 3.46. The molecule has 4 heterocycles. The fourth-order valence-corrected chi connectivity index (χ4v) is 4.43. The van der Waals surface area contributed by atoms with Gasteiger partial charge in [-0.25, -0.2) is 9.67 Å². The van der Waals surface area contributed by atoms with Crippen LogP contribution >= 0.6 is 0 Å². The molecule has 0 saturated carbocycles. The number of nitrogens with zero attached hydrogens (tertiary/aromatic N) is 7. The van der Waals surface area contributed by atoms with Crippen molar-refractivity contribution >= 4 is 28.4 Å². The third-order valence-corrected chi connectivity index (χ3v) is 6.48. The van der Waals surface area contributed by atoms with Crippen LogP contribution in [-0.2, 0) is 0 Å². The zero-order chi connectivity index (χ0) is 24.5. The maximum Gasteiger partial charge on any atom is 0.255 e. The first kappa shape index (κ1) is 22.0. The molecule has 0 bridgehead atoms. The third-order valence-electron chi connectivity index (χ3n) is 6.48. The number of fused-ring (bicyclic) bond motifs is 1. The van der Waals surface area contributed by atoms with E-state index < -0.39 is 0 Å². The number of aromatic nitrogens is 5. The molecule has 1 N–H and O–H groups in total. The van der Waals surface area contributed by atoms with Crippen LogP contribution in [0.1, 0.15) is 0 Å². The number of anilines is 3. The molecular formula is C27H26N8O. The molecule has 9 nitrogen and oxygen atoms in total. The van der Waals surface area contributed by atoms with E-state index in [0.29, 0.717) is 11.6 Å². The molecule has 3 aromatic heterocycles. The summed E-state index contributed by atoms with van der Waals surface area (Å²) in [5.41, 5.74) is 4.30. The van der Waals surface area contributed by atoms with Crippen LogP contribution < -0.4 is 15.8 Å². The number of piperazine rings is 1. The first-order chi connectivity index (χ1) is 17.6.